The van der Waals surface area contributed by atoms with Crippen molar-refractivity contribution in [3.8, 4) is 0 Å². The highest BCUT2D eigenvalue weighted by molar-refractivity contribution is 5.84. The van der Waals surface area contributed by atoms with Crippen LogP contribution >= 0.6 is 0 Å². The van der Waals surface area contributed by atoms with E-state index < -0.39 is 23.7 Å². The maximum Gasteiger partial charge on any atom is 0.326 e. The normalized spacial score (nSPS) is 11.9. The number of carbonyl (C=O) groups is 2. The molecule has 0 unspecified atom stereocenters. The summed E-state index contributed by atoms with van der Waals surface area (Å²) >= 11 is 0. The molecule has 0 aliphatic rings. The summed E-state index contributed by atoms with van der Waals surface area (Å²) in [7, 11) is 1.51. The molecule has 0 fully saturated rings. The Morgan fingerprint density at radius 1 is 1.29 bits per heavy atom. The zero-order chi connectivity index (χ0) is 15.7. The lowest BCUT2D eigenvalue weighted by atomic mass is 10.1. The van der Waals surface area contributed by atoms with Crippen molar-refractivity contribution in [3.63, 3.8) is 0 Å². The van der Waals surface area contributed by atoms with Crippen molar-refractivity contribution in [2.75, 3.05) is 26.9 Å². The third-order valence-electron chi connectivity index (χ3n) is 2.65. The molecule has 116 valence electrons. The first kappa shape index (κ1) is 17.1. The zero-order valence-corrected chi connectivity index (χ0v) is 11.7. The molecular formula is C14H18FNO5. The third-order valence-corrected chi connectivity index (χ3v) is 2.65. The number of benzene rings is 1. The maximum absolute atomic E-state index is 12.8. The van der Waals surface area contributed by atoms with Crippen LogP contribution in [0.1, 0.15) is 5.56 Å². The van der Waals surface area contributed by atoms with E-state index in [1.807, 2.05) is 0 Å². The van der Waals surface area contributed by atoms with Crippen molar-refractivity contribution in [1.29, 1.82) is 0 Å². The van der Waals surface area contributed by atoms with E-state index in [1.54, 1.807) is 0 Å². The van der Waals surface area contributed by atoms with E-state index in [0.29, 0.717) is 12.2 Å². The predicted octanol–water partition coefficient (Wildman–Crippen LogP) is 0.601. The Labute approximate surface area is 121 Å². The zero-order valence-electron chi connectivity index (χ0n) is 11.7. The molecule has 1 aromatic carbocycles. The number of amides is 1. The van der Waals surface area contributed by atoms with Crippen molar-refractivity contribution >= 4 is 11.9 Å². The van der Waals surface area contributed by atoms with Gasteiger partial charge in [0.05, 0.1) is 13.2 Å². The molecule has 0 radical (unpaired) electrons. The fraction of sp³-hybridized carbons (Fsp3) is 0.429. The molecule has 21 heavy (non-hydrogen) atoms. The van der Waals surface area contributed by atoms with Crippen LogP contribution in [0.15, 0.2) is 24.3 Å². The Bertz CT molecular complexity index is 463. The molecule has 0 aliphatic heterocycles. The number of hydrogen-bond donors (Lipinski definition) is 2. The maximum atomic E-state index is 12.8. The first-order chi connectivity index (χ1) is 10.0. The molecule has 0 aliphatic carbocycles. The van der Waals surface area contributed by atoms with Gasteiger partial charge < -0.3 is 19.9 Å². The van der Waals surface area contributed by atoms with Gasteiger partial charge in [-0.15, -0.1) is 0 Å². The Balaban J connectivity index is 2.48. The second-order valence-corrected chi connectivity index (χ2v) is 4.33. The van der Waals surface area contributed by atoms with Crippen LogP contribution in [-0.4, -0.2) is 50.0 Å². The van der Waals surface area contributed by atoms with Crippen LogP contribution in [0.4, 0.5) is 4.39 Å². The number of aliphatic carboxylic acids is 1. The molecule has 2 N–H and O–H groups in total. The SMILES string of the molecule is COCCOCC(=O)N[C@H](Cc1ccc(F)cc1)C(=O)O. The van der Waals surface area contributed by atoms with Crippen LogP contribution < -0.4 is 5.32 Å². The highest BCUT2D eigenvalue weighted by atomic mass is 19.1. The fourth-order valence-electron chi connectivity index (χ4n) is 1.60. The van der Waals surface area contributed by atoms with Crippen LogP contribution in [-0.2, 0) is 25.5 Å². The topological polar surface area (TPSA) is 84.9 Å². The summed E-state index contributed by atoms with van der Waals surface area (Å²) in [5, 5.41) is 11.5. The highest BCUT2D eigenvalue weighted by Gasteiger charge is 2.20. The average molecular weight is 299 g/mol. The van der Waals surface area contributed by atoms with E-state index in [9.17, 15) is 14.0 Å². The van der Waals surface area contributed by atoms with Gasteiger partial charge in [-0.25, -0.2) is 9.18 Å². The van der Waals surface area contributed by atoms with Gasteiger partial charge in [0.25, 0.3) is 0 Å². The number of carboxylic acids is 1. The number of halogens is 1. The van der Waals surface area contributed by atoms with Crippen LogP contribution in [0.2, 0.25) is 0 Å². The molecule has 1 rings (SSSR count). The van der Waals surface area contributed by atoms with E-state index in [4.69, 9.17) is 14.6 Å². The van der Waals surface area contributed by atoms with E-state index in [0.717, 1.165) is 0 Å². The summed E-state index contributed by atoms with van der Waals surface area (Å²) in [6.07, 6.45) is 0.0689. The first-order valence-electron chi connectivity index (χ1n) is 6.36. The van der Waals surface area contributed by atoms with Crippen molar-refractivity contribution in [2.45, 2.75) is 12.5 Å². The smallest absolute Gasteiger partial charge is 0.326 e. The van der Waals surface area contributed by atoms with Crippen LogP contribution in [0.25, 0.3) is 0 Å². The van der Waals surface area contributed by atoms with Gasteiger partial charge in [-0.3, -0.25) is 4.79 Å². The molecule has 1 atom stereocenters. The number of hydrogen-bond acceptors (Lipinski definition) is 4. The molecule has 0 spiro atoms. The second kappa shape index (κ2) is 9.04. The van der Waals surface area contributed by atoms with Gasteiger partial charge in [-0.05, 0) is 17.7 Å². The monoisotopic (exact) mass is 299 g/mol. The second-order valence-electron chi connectivity index (χ2n) is 4.33. The Morgan fingerprint density at radius 2 is 1.95 bits per heavy atom. The summed E-state index contributed by atoms with van der Waals surface area (Å²) in [5.41, 5.74) is 0.615. The molecular weight excluding hydrogens is 281 g/mol. The van der Waals surface area contributed by atoms with Crippen molar-refractivity contribution in [2.24, 2.45) is 0 Å². The third kappa shape index (κ3) is 6.82. The predicted molar refractivity (Wildman–Crippen MR) is 72.4 cm³/mol. The molecule has 0 aromatic heterocycles. The van der Waals surface area contributed by atoms with Gasteiger partial charge in [0.15, 0.2) is 0 Å². The van der Waals surface area contributed by atoms with Gasteiger partial charge in [0.2, 0.25) is 5.91 Å². The van der Waals surface area contributed by atoms with Crippen LogP contribution in [0.3, 0.4) is 0 Å². The number of carbonyl (C=O) groups excluding carboxylic acids is 1. The molecule has 0 saturated heterocycles. The minimum Gasteiger partial charge on any atom is -0.480 e. The number of methoxy groups -OCH3 is 1. The Hall–Kier alpha value is -1.99. The average Bonchev–Trinajstić information content (AvgIpc) is 2.45. The quantitative estimate of drug-likeness (QED) is 0.652. The van der Waals surface area contributed by atoms with Gasteiger partial charge in [0, 0.05) is 13.5 Å². The molecule has 1 amide bonds. The van der Waals surface area contributed by atoms with E-state index in [-0.39, 0.29) is 19.6 Å². The summed E-state index contributed by atoms with van der Waals surface area (Å²) in [6.45, 7) is 0.362. The van der Waals surface area contributed by atoms with E-state index >= 15 is 0 Å². The summed E-state index contributed by atoms with van der Waals surface area (Å²) in [4.78, 5) is 22.7. The minimum absolute atomic E-state index is 0.0689. The van der Waals surface area contributed by atoms with Gasteiger partial charge in [-0.2, -0.15) is 0 Å². The van der Waals surface area contributed by atoms with Gasteiger partial charge >= 0.3 is 5.97 Å². The molecule has 0 heterocycles. The lowest BCUT2D eigenvalue weighted by Gasteiger charge is -2.14. The lowest BCUT2D eigenvalue weighted by Crippen LogP contribution is -2.44. The van der Waals surface area contributed by atoms with Crippen LogP contribution in [0, 0.1) is 5.82 Å². The number of ether oxygens (including phenoxy) is 2. The lowest BCUT2D eigenvalue weighted by molar-refractivity contribution is -0.142. The fourth-order valence-corrected chi connectivity index (χ4v) is 1.60. The van der Waals surface area contributed by atoms with E-state index in [1.165, 1.54) is 31.4 Å². The number of carboxylic acid groups (broad SMARTS) is 1. The Morgan fingerprint density at radius 3 is 2.52 bits per heavy atom. The Kier molecular flexibility index (Phi) is 7.34. The summed E-state index contributed by atoms with van der Waals surface area (Å²) in [6, 6.07) is 4.35. The minimum atomic E-state index is -1.16. The van der Waals surface area contributed by atoms with Crippen molar-refractivity contribution in [3.05, 3.63) is 35.6 Å². The van der Waals surface area contributed by atoms with Gasteiger partial charge in [0.1, 0.15) is 18.5 Å². The molecule has 7 heteroatoms. The van der Waals surface area contributed by atoms with Crippen molar-refractivity contribution in [1.82, 2.24) is 5.32 Å². The van der Waals surface area contributed by atoms with Crippen LogP contribution in [0.5, 0.6) is 0 Å². The highest BCUT2D eigenvalue weighted by Crippen LogP contribution is 2.06. The summed E-state index contributed by atoms with van der Waals surface area (Å²) < 4.78 is 22.5. The standard InChI is InChI=1S/C14H18FNO5/c1-20-6-7-21-9-13(17)16-12(14(18)19)8-10-2-4-11(15)5-3-10/h2-5,12H,6-9H2,1H3,(H,16,17)(H,18,19)/t12-/m1/s1. The largest absolute Gasteiger partial charge is 0.480 e. The van der Waals surface area contributed by atoms with Gasteiger partial charge in [-0.1, -0.05) is 12.1 Å². The number of nitrogens with one attached hydrogen (secondary N) is 1. The molecule has 6 nitrogen and oxygen atoms in total. The molecule has 0 saturated carbocycles. The molecule has 0 bridgehead atoms. The van der Waals surface area contributed by atoms with Crippen molar-refractivity contribution < 1.29 is 28.6 Å². The van der Waals surface area contributed by atoms with E-state index in [2.05, 4.69) is 5.32 Å². The first-order valence-corrected chi connectivity index (χ1v) is 6.36. The number of rotatable bonds is 9. The molecule has 1 aromatic rings. The summed E-state index contributed by atoms with van der Waals surface area (Å²) in [5.74, 6) is -2.09.